The number of aliphatic hydroxyl groups is 1. The Morgan fingerprint density at radius 3 is 2.70 bits per heavy atom. The number of hydrogen-bond donors (Lipinski definition) is 2. The van der Waals surface area contributed by atoms with Crippen molar-refractivity contribution in [3.8, 4) is 0 Å². The van der Waals surface area contributed by atoms with Gasteiger partial charge in [0.15, 0.2) is 0 Å². The molecule has 4 unspecified atom stereocenters. The number of rotatable bonds is 5. The number of nitrogens with two attached hydrogens (primary N) is 1. The minimum Gasteiger partial charge on any atom is -0.389 e. The molecule has 1 heterocycles. The monoisotopic (exact) mass is 283 g/mol. The molecule has 2 fully saturated rings. The third-order valence-corrected chi connectivity index (χ3v) is 5.95. The maximum absolute atomic E-state index is 11.4. The van der Waals surface area contributed by atoms with Crippen LogP contribution in [0.15, 0.2) is 0 Å². The summed E-state index contributed by atoms with van der Waals surface area (Å²) in [5.41, 5.74) is 5.52. The van der Waals surface area contributed by atoms with E-state index in [2.05, 4.69) is 13.8 Å². The Bertz CT molecular complexity index is 307. The van der Waals surface area contributed by atoms with Crippen molar-refractivity contribution in [3.05, 3.63) is 0 Å². The van der Waals surface area contributed by atoms with Crippen molar-refractivity contribution in [1.29, 1.82) is 0 Å². The van der Waals surface area contributed by atoms with Crippen molar-refractivity contribution in [1.82, 2.24) is 0 Å². The summed E-state index contributed by atoms with van der Waals surface area (Å²) in [4.78, 5) is 0. The summed E-state index contributed by atoms with van der Waals surface area (Å²) in [6.07, 6.45) is 9.89. The Hall–Kier alpha value is -0.120. The molecule has 3 N–H and O–H groups in total. The van der Waals surface area contributed by atoms with Crippen LogP contribution in [0.1, 0.15) is 71.6 Å². The summed E-state index contributed by atoms with van der Waals surface area (Å²) in [5.74, 6) is 0.740. The second kappa shape index (κ2) is 6.76. The van der Waals surface area contributed by atoms with Gasteiger partial charge in [0, 0.05) is 31.4 Å². The van der Waals surface area contributed by atoms with Crippen LogP contribution in [0.3, 0.4) is 0 Å². The molecule has 0 amide bonds. The summed E-state index contributed by atoms with van der Waals surface area (Å²) in [6.45, 7) is 5.77. The molecule has 0 aromatic carbocycles. The molecule has 4 atom stereocenters. The van der Waals surface area contributed by atoms with Crippen LogP contribution in [0.5, 0.6) is 0 Å². The lowest BCUT2D eigenvalue weighted by Gasteiger charge is -2.54. The van der Waals surface area contributed by atoms with Gasteiger partial charge in [-0.15, -0.1) is 0 Å². The lowest BCUT2D eigenvalue weighted by atomic mass is 9.57. The summed E-state index contributed by atoms with van der Waals surface area (Å²) in [7, 11) is 0. The SMILES string of the molecule is CCCC1CC(O)(C2(CN)CCCC(CC)C2)CCO1. The van der Waals surface area contributed by atoms with Crippen molar-refractivity contribution < 1.29 is 9.84 Å². The van der Waals surface area contributed by atoms with E-state index in [1.165, 1.54) is 19.3 Å². The van der Waals surface area contributed by atoms with Crippen molar-refractivity contribution in [2.24, 2.45) is 17.1 Å². The van der Waals surface area contributed by atoms with Gasteiger partial charge in [0.25, 0.3) is 0 Å². The first-order chi connectivity index (χ1) is 9.59. The summed E-state index contributed by atoms with van der Waals surface area (Å²) in [5, 5.41) is 11.4. The first-order valence-corrected chi connectivity index (χ1v) is 8.63. The molecule has 0 spiro atoms. The third kappa shape index (κ3) is 3.05. The predicted octanol–water partition coefficient (Wildman–Crippen LogP) is 3.24. The molecule has 0 bridgehead atoms. The van der Waals surface area contributed by atoms with E-state index < -0.39 is 5.60 Å². The second-order valence-electron chi connectivity index (χ2n) is 7.12. The molecule has 3 nitrogen and oxygen atoms in total. The Kier molecular flexibility index (Phi) is 5.49. The lowest BCUT2D eigenvalue weighted by Crippen LogP contribution is -2.58. The van der Waals surface area contributed by atoms with Gasteiger partial charge in [-0.05, 0) is 25.2 Å². The Morgan fingerprint density at radius 2 is 2.05 bits per heavy atom. The zero-order valence-electron chi connectivity index (χ0n) is 13.4. The Morgan fingerprint density at radius 1 is 1.25 bits per heavy atom. The van der Waals surface area contributed by atoms with Crippen LogP contribution in [0, 0.1) is 11.3 Å². The van der Waals surface area contributed by atoms with Gasteiger partial charge in [0.05, 0.1) is 11.7 Å². The van der Waals surface area contributed by atoms with E-state index in [-0.39, 0.29) is 11.5 Å². The van der Waals surface area contributed by atoms with Crippen LogP contribution in [0.25, 0.3) is 0 Å². The molecule has 1 saturated carbocycles. The van der Waals surface area contributed by atoms with Crippen LogP contribution in [0.4, 0.5) is 0 Å². The van der Waals surface area contributed by atoms with Crippen LogP contribution in [-0.4, -0.2) is 30.0 Å². The van der Waals surface area contributed by atoms with E-state index in [0.717, 1.165) is 44.4 Å². The smallest absolute Gasteiger partial charge is 0.0762 e. The topological polar surface area (TPSA) is 55.5 Å². The van der Waals surface area contributed by atoms with Gasteiger partial charge in [-0.1, -0.05) is 39.5 Å². The van der Waals surface area contributed by atoms with Gasteiger partial charge >= 0.3 is 0 Å². The van der Waals surface area contributed by atoms with Crippen molar-refractivity contribution >= 4 is 0 Å². The van der Waals surface area contributed by atoms with Gasteiger partial charge in [0.2, 0.25) is 0 Å². The highest BCUT2D eigenvalue weighted by Gasteiger charge is 2.53. The fourth-order valence-electron chi connectivity index (χ4n) is 4.55. The normalized spacial score (nSPS) is 42.6. The molecule has 1 aliphatic carbocycles. The highest BCUT2D eigenvalue weighted by molar-refractivity contribution is 5.04. The molecule has 0 radical (unpaired) electrons. The van der Waals surface area contributed by atoms with E-state index in [9.17, 15) is 5.11 Å². The molecule has 0 aromatic heterocycles. The zero-order valence-corrected chi connectivity index (χ0v) is 13.4. The van der Waals surface area contributed by atoms with Crippen LogP contribution in [-0.2, 0) is 4.74 Å². The zero-order chi connectivity index (χ0) is 14.6. The fraction of sp³-hybridized carbons (Fsp3) is 1.00. The first kappa shape index (κ1) is 16.3. The van der Waals surface area contributed by atoms with Gasteiger partial charge in [0.1, 0.15) is 0 Å². The van der Waals surface area contributed by atoms with E-state index in [4.69, 9.17) is 10.5 Å². The molecule has 118 valence electrons. The molecule has 2 aliphatic rings. The van der Waals surface area contributed by atoms with E-state index in [0.29, 0.717) is 13.2 Å². The maximum atomic E-state index is 11.4. The van der Waals surface area contributed by atoms with Gasteiger partial charge in [-0.2, -0.15) is 0 Å². The van der Waals surface area contributed by atoms with Crippen LogP contribution < -0.4 is 5.73 Å². The highest BCUT2D eigenvalue weighted by atomic mass is 16.5. The summed E-state index contributed by atoms with van der Waals surface area (Å²) in [6, 6.07) is 0. The summed E-state index contributed by atoms with van der Waals surface area (Å²) < 4.78 is 5.85. The molecule has 1 saturated heterocycles. The van der Waals surface area contributed by atoms with Gasteiger partial charge in [-0.3, -0.25) is 0 Å². The van der Waals surface area contributed by atoms with E-state index >= 15 is 0 Å². The maximum Gasteiger partial charge on any atom is 0.0762 e. The third-order valence-electron chi connectivity index (χ3n) is 5.95. The average Bonchev–Trinajstić information content (AvgIpc) is 2.47. The minimum atomic E-state index is -0.603. The highest BCUT2D eigenvalue weighted by Crippen LogP contribution is 2.51. The van der Waals surface area contributed by atoms with Gasteiger partial charge < -0.3 is 15.6 Å². The minimum absolute atomic E-state index is 0.0678. The van der Waals surface area contributed by atoms with Crippen molar-refractivity contribution in [2.75, 3.05) is 13.2 Å². The predicted molar refractivity (Wildman–Crippen MR) is 82.6 cm³/mol. The molecule has 3 heteroatoms. The average molecular weight is 283 g/mol. The standard InChI is InChI=1S/C17H33NO2/c1-3-6-15-12-17(19,9-10-20-15)16(13-18)8-5-7-14(4-2)11-16/h14-15,19H,3-13,18H2,1-2H3. The van der Waals surface area contributed by atoms with Crippen LogP contribution in [0.2, 0.25) is 0 Å². The van der Waals surface area contributed by atoms with E-state index in [1.807, 2.05) is 0 Å². The van der Waals surface area contributed by atoms with Gasteiger partial charge in [-0.25, -0.2) is 0 Å². The Labute approximate surface area is 124 Å². The molecule has 2 rings (SSSR count). The lowest BCUT2D eigenvalue weighted by molar-refractivity contribution is -0.181. The molecular weight excluding hydrogens is 250 g/mol. The molecule has 20 heavy (non-hydrogen) atoms. The molecule has 1 aliphatic heterocycles. The molecular formula is C17H33NO2. The summed E-state index contributed by atoms with van der Waals surface area (Å²) >= 11 is 0. The Balaban J connectivity index is 2.15. The number of hydrogen-bond acceptors (Lipinski definition) is 3. The second-order valence-corrected chi connectivity index (χ2v) is 7.12. The van der Waals surface area contributed by atoms with Crippen molar-refractivity contribution in [2.45, 2.75) is 83.3 Å². The largest absolute Gasteiger partial charge is 0.389 e. The van der Waals surface area contributed by atoms with E-state index in [1.54, 1.807) is 0 Å². The molecule has 0 aromatic rings. The number of ether oxygens (including phenoxy) is 1. The van der Waals surface area contributed by atoms with Crippen LogP contribution >= 0.6 is 0 Å². The fourth-order valence-corrected chi connectivity index (χ4v) is 4.55. The quantitative estimate of drug-likeness (QED) is 0.814. The first-order valence-electron chi connectivity index (χ1n) is 8.63. The van der Waals surface area contributed by atoms with Crippen molar-refractivity contribution in [3.63, 3.8) is 0 Å².